The van der Waals surface area contributed by atoms with Gasteiger partial charge in [0.15, 0.2) is 22.3 Å². The summed E-state index contributed by atoms with van der Waals surface area (Å²) in [5.41, 5.74) is 0.913. The van der Waals surface area contributed by atoms with Gasteiger partial charge in [0.2, 0.25) is 11.7 Å². The molecule has 4 rings (SSSR count). The molecule has 1 atom stereocenters. The average molecular weight is 574 g/mol. The largest absolute Gasteiger partial charge is 0.493 e. The minimum atomic E-state index is -4.17. The summed E-state index contributed by atoms with van der Waals surface area (Å²) >= 11 is 0. The lowest BCUT2D eigenvalue weighted by molar-refractivity contribution is 0.0654. The van der Waals surface area contributed by atoms with Gasteiger partial charge in [-0.15, -0.1) is 0 Å². The molecule has 3 aromatic rings. The van der Waals surface area contributed by atoms with Crippen molar-refractivity contribution in [3.8, 4) is 23.1 Å². The molecule has 0 amide bonds. The molecule has 0 spiro atoms. The van der Waals surface area contributed by atoms with Crippen molar-refractivity contribution in [2.75, 3.05) is 50.6 Å². The van der Waals surface area contributed by atoms with Crippen molar-refractivity contribution < 1.29 is 32.1 Å². The quantitative estimate of drug-likeness (QED) is 0.268. The third kappa shape index (κ3) is 7.49. The van der Waals surface area contributed by atoms with Crippen LogP contribution in [0.3, 0.4) is 0 Å². The Morgan fingerprint density at radius 1 is 1.10 bits per heavy atom. The molecule has 12 nitrogen and oxygen atoms in total. The fraction of sp³-hybridized carbons (Fsp3) is 0.444. The van der Waals surface area contributed by atoms with Gasteiger partial charge in [-0.05, 0) is 42.5 Å². The minimum Gasteiger partial charge on any atom is -0.493 e. The molecule has 1 unspecified atom stereocenters. The molecule has 2 aromatic heterocycles. The maximum absolute atomic E-state index is 13.4. The molecule has 1 aromatic carbocycles. The summed E-state index contributed by atoms with van der Waals surface area (Å²) in [5, 5.41) is 2.85. The number of anilines is 2. The standard InChI is InChI=1S/C27H35N5O7S/c1-18(2)19-11-12-23(29-16-19)40(33,34)32-25-24(39-22-10-6-5-9-21(22)36-4)26(38-17-20-8-7-14-37-20)31-27(30-25)28-13-15-35-3/h5-6,9-12,16,18,20H,7-8,13-15,17H2,1-4H3,(H2,28,30,31,32). The van der Waals surface area contributed by atoms with Crippen molar-refractivity contribution in [1.29, 1.82) is 0 Å². The topological polar surface area (TPSA) is 143 Å². The van der Waals surface area contributed by atoms with Crippen molar-refractivity contribution in [2.45, 2.75) is 43.7 Å². The van der Waals surface area contributed by atoms with E-state index in [4.69, 9.17) is 23.7 Å². The van der Waals surface area contributed by atoms with Crippen molar-refractivity contribution >= 4 is 21.8 Å². The van der Waals surface area contributed by atoms with Crippen LogP contribution in [0.4, 0.5) is 11.8 Å². The average Bonchev–Trinajstić information content (AvgIpc) is 3.47. The van der Waals surface area contributed by atoms with Crippen LogP contribution in [-0.2, 0) is 19.5 Å². The Morgan fingerprint density at radius 2 is 1.90 bits per heavy atom. The Balaban J connectivity index is 1.76. The number of rotatable bonds is 14. The van der Waals surface area contributed by atoms with Gasteiger partial charge >= 0.3 is 0 Å². The summed E-state index contributed by atoms with van der Waals surface area (Å²) in [6.07, 6.45) is 3.19. The van der Waals surface area contributed by atoms with Gasteiger partial charge in [0.05, 0.1) is 19.8 Å². The van der Waals surface area contributed by atoms with Crippen LogP contribution in [0.1, 0.15) is 38.2 Å². The van der Waals surface area contributed by atoms with E-state index in [1.165, 1.54) is 13.2 Å². The molecule has 40 heavy (non-hydrogen) atoms. The van der Waals surface area contributed by atoms with Gasteiger partial charge in [0.25, 0.3) is 15.9 Å². The first-order valence-corrected chi connectivity index (χ1v) is 14.5. The summed E-state index contributed by atoms with van der Waals surface area (Å²) in [4.78, 5) is 13.1. The zero-order valence-electron chi connectivity index (χ0n) is 23.0. The van der Waals surface area contributed by atoms with E-state index in [0.29, 0.717) is 31.3 Å². The first-order valence-electron chi connectivity index (χ1n) is 13.0. The van der Waals surface area contributed by atoms with Gasteiger partial charge in [-0.3, -0.25) is 4.72 Å². The van der Waals surface area contributed by atoms with E-state index in [2.05, 4.69) is 25.0 Å². The molecule has 1 aliphatic rings. The number of aromatic nitrogens is 3. The van der Waals surface area contributed by atoms with Gasteiger partial charge in [-0.25, -0.2) is 4.98 Å². The van der Waals surface area contributed by atoms with Crippen LogP contribution in [0.25, 0.3) is 0 Å². The molecule has 0 saturated carbocycles. The van der Waals surface area contributed by atoms with Crippen LogP contribution in [0, 0.1) is 0 Å². The van der Waals surface area contributed by atoms with Crippen LogP contribution >= 0.6 is 0 Å². The number of ether oxygens (including phenoxy) is 5. The van der Waals surface area contributed by atoms with Crippen molar-refractivity contribution in [1.82, 2.24) is 15.0 Å². The molecule has 1 fully saturated rings. The fourth-order valence-corrected chi connectivity index (χ4v) is 4.80. The highest BCUT2D eigenvalue weighted by molar-refractivity contribution is 7.92. The summed E-state index contributed by atoms with van der Waals surface area (Å²) in [6.45, 7) is 5.60. The Bertz CT molecular complexity index is 1360. The van der Waals surface area contributed by atoms with Crippen molar-refractivity contribution in [3.63, 3.8) is 0 Å². The SMILES string of the molecule is COCCNc1nc(NS(=O)(=O)c2ccc(C(C)C)cn2)c(Oc2ccccc2OC)c(OCC2CCCO2)n1. The summed E-state index contributed by atoms with van der Waals surface area (Å²) < 4.78 is 57.9. The van der Waals surface area contributed by atoms with Gasteiger partial charge < -0.3 is 29.0 Å². The van der Waals surface area contributed by atoms with E-state index in [1.807, 2.05) is 13.8 Å². The normalized spacial score (nSPS) is 15.2. The van der Waals surface area contributed by atoms with Crippen LogP contribution in [-0.4, -0.2) is 70.1 Å². The van der Waals surface area contributed by atoms with E-state index < -0.39 is 10.0 Å². The van der Waals surface area contributed by atoms with Gasteiger partial charge in [-0.2, -0.15) is 18.4 Å². The number of methoxy groups -OCH3 is 2. The van der Waals surface area contributed by atoms with E-state index in [1.54, 1.807) is 43.6 Å². The monoisotopic (exact) mass is 573 g/mol. The molecule has 1 saturated heterocycles. The highest BCUT2D eigenvalue weighted by atomic mass is 32.2. The Kier molecular flexibility index (Phi) is 9.96. The van der Waals surface area contributed by atoms with E-state index in [0.717, 1.165) is 18.4 Å². The summed E-state index contributed by atoms with van der Waals surface area (Å²) in [7, 11) is -1.10. The van der Waals surface area contributed by atoms with Gasteiger partial charge in [0.1, 0.15) is 6.61 Å². The molecular formula is C27H35N5O7S. The third-order valence-corrected chi connectivity index (χ3v) is 7.32. The minimum absolute atomic E-state index is 0.0251. The van der Waals surface area contributed by atoms with Crippen molar-refractivity contribution in [2.24, 2.45) is 0 Å². The molecule has 13 heteroatoms. The van der Waals surface area contributed by atoms with Crippen LogP contribution in [0.5, 0.6) is 23.1 Å². The Morgan fingerprint density at radius 3 is 2.55 bits per heavy atom. The fourth-order valence-electron chi connectivity index (χ4n) is 3.87. The number of hydrogen-bond acceptors (Lipinski definition) is 11. The molecular weight excluding hydrogens is 538 g/mol. The second kappa shape index (κ2) is 13.6. The molecule has 216 valence electrons. The first kappa shape index (κ1) is 29.3. The number of sulfonamides is 1. The van der Waals surface area contributed by atoms with E-state index in [9.17, 15) is 8.42 Å². The van der Waals surface area contributed by atoms with Crippen molar-refractivity contribution in [3.05, 3.63) is 48.2 Å². The highest BCUT2D eigenvalue weighted by Crippen LogP contribution is 2.41. The number of para-hydroxylation sites is 2. The Labute approximate surface area is 234 Å². The Hall–Kier alpha value is -3.68. The molecule has 1 aliphatic heterocycles. The number of nitrogens with one attached hydrogen (secondary N) is 2. The lowest BCUT2D eigenvalue weighted by atomic mass is 10.1. The predicted octanol–water partition coefficient (Wildman–Crippen LogP) is 4.21. The maximum atomic E-state index is 13.4. The van der Waals surface area contributed by atoms with Gasteiger partial charge in [0, 0.05) is 26.5 Å². The second-order valence-electron chi connectivity index (χ2n) is 9.34. The lowest BCUT2D eigenvalue weighted by Crippen LogP contribution is -2.20. The maximum Gasteiger partial charge on any atom is 0.280 e. The molecule has 2 N–H and O–H groups in total. The number of benzene rings is 1. The van der Waals surface area contributed by atoms with Crippen LogP contribution in [0.15, 0.2) is 47.6 Å². The van der Waals surface area contributed by atoms with Crippen LogP contribution < -0.4 is 24.2 Å². The predicted molar refractivity (Wildman–Crippen MR) is 149 cm³/mol. The molecule has 0 aliphatic carbocycles. The smallest absolute Gasteiger partial charge is 0.280 e. The molecule has 0 radical (unpaired) electrons. The molecule has 0 bridgehead atoms. The highest BCUT2D eigenvalue weighted by Gasteiger charge is 2.27. The second-order valence-corrected chi connectivity index (χ2v) is 11.0. The third-order valence-electron chi connectivity index (χ3n) is 6.07. The lowest BCUT2D eigenvalue weighted by Gasteiger charge is -2.19. The van der Waals surface area contributed by atoms with Gasteiger partial charge in [-0.1, -0.05) is 32.0 Å². The van der Waals surface area contributed by atoms with Crippen LogP contribution in [0.2, 0.25) is 0 Å². The van der Waals surface area contributed by atoms with E-state index in [-0.39, 0.29) is 47.1 Å². The summed E-state index contributed by atoms with van der Waals surface area (Å²) in [6, 6.07) is 10.1. The zero-order valence-corrected chi connectivity index (χ0v) is 23.9. The first-order chi connectivity index (χ1) is 19.3. The zero-order chi connectivity index (χ0) is 28.5. The number of hydrogen-bond donors (Lipinski definition) is 2. The summed E-state index contributed by atoms with van der Waals surface area (Å²) in [5.74, 6) is 0.902. The molecule has 3 heterocycles. The number of pyridine rings is 1. The van der Waals surface area contributed by atoms with E-state index >= 15 is 0 Å². The number of nitrogens with zero attached hydrogens (tertiary/aromatic N) is 3.